The van der Waals surface area contributed by atoms with Gasteiger partial charge in [0.25, 0.3) is 0 Å². The summed E-state index contributed by atoms with van der Waals surface area (Å²) in [6, 6.07) is -0.110. The van der Waals surface area contributed by atoms with E-state index in [1.807, 2.05) is 0 Å². The number of nitrogens with zero attached hydrogens (tertiary/aromatic N) is 1. The van der Waals surface area contributed by atoms with Crippen molar-refractivity contribution in [1.29, 1.82) is 0 Å². The van der Waals surface area contributed by atoms with Gasteiger partial charge in [-0.05, 0) is 13.8 Å². The first kappa shape index (κ1) is 13.8. The molecule has 0 atom stereocenters. The highest BCUT2D eigenvalue weighted by atomic mass is 32.1. The third-order valence-electron chi connectivity index (χ3n) is 1.72. The maximum absolute atomic E-state index is 12.1. The molecule has 0 heterocycles. The molecule has 0 spiro atoms. The van der Waals surface area contributed by atoms with Crippen molar-refractivity contribution in [3.05, 3.63) is 12.2 Å². The number of hydrogen-bond acceptors (Lipinski definition) is 2. The topological polar surface area (TPSA) is 3.24 Å². The van der Waals surface area contributed by atoms with E-state index in [1.54, 1.807) is 26.0 Å². The van der Waals surface area contributed by atoms with E-state index in [4.69, 9.17) is 0 Å². The molecule has 0 aliphatic rings. The summed E-state index contributed by atoms with van der Waals surface area (Å²) in [6.45, 7) is 2.96. The van der Waals surface area contributed by atoms with Crippen LogP contribution in [0.2, 0.25) is 0 Å². The number of rotatable bonds is 5. The van der Waals surface area contributed by atoms with E-state index >= 15 is 0 Å². The molecule has 0 amide bonds. The molecular formula is C9H16F3NS. The van der Waals surface area contributed by atoms with Crippen molar-refractivity contribution in [1.82, 2.24) is 4.90 Å². The van der Waals surface area contributed by atoms with Crippen LogP contribution in [0.15, 0.2) is 12.2 Å². The van der Waals surface area contributed by atoms with Gasteiger partial charge < -0.3 is 0 Å². The van der Waals surface area contributed by atoms with Gasteiger partial charge in [0.1, 0.15) is 0 Å². The van der Waals surface area contributed by atoms with Crippen LogP contribution in [0.4, 0.5) is 13.2 Å². The van der Waals surface area contributed by atoms with E-state index in [2.05, 4.69) is 12.6 Å². The summed E-state index contributed by atoms with van der Waals surface area (Å²) >= 11 is 3.93. The van der Waals surface area contributed by atoms with Crippen molar-refractivity contribution < 1.29 is 13.2 Å². The van der Waals surface area contributed by atoms with Crippen LogP contribution < -0.4 is 0 Å². The zero-order valence-electron chi connectivity index (χ0n) is 8.38. The van der Waals surface area contributed by atoms with Crippen molar-refractivity contribution in [2.45, 2.75) is 26.1 Å². The standard InChI is InChI=1S/C9H16F3NS/c1-8(2)13(5-3-4-6-14)7-9(10,11)12/h3-4,8,14H,5-7H2,1-2H3. The van der Waals surface area contributed by atoms with Crippen molar-refractivity contribution >= 4 is 12.6 Å². The van der Waals surface area contributed by atoms with Gasteiger partial charge in [-0.25, -0.2) is 0 Å². The normalized spacial score (nSPS) is 13.4. The molecule has 0 saturated heterocycles. The molecule has 0 N–H and O–H groups in total. The average molecular weight is 227 g/mol. The molecule has 84 valence electrons. The molecule has 0 aromatic rings. The van der Waals surface area contributed by atoms with Crippen LogP contribution >= 0.6 is 12.6 Å². The fraction of sp³-hybridized carbons (Fsp3) is 0.778. The number of halogens is 3. The second kappa shape index (κ2) is 6.35. The quantitative estimate of drug-likeness (QED) is 0.558. The van der Waals surface area contributed by atoms with Crippen molar-refractivity contribution in [2.24, 2.45) is 0 Å². The molecule has 0 aromatic carbocycles. The van der Waals surface area contributed by atoms with E-state index < -0.39 is 12.7 Å². The Kier molecular flexibility index (Phi) is 6.27. The van der Waals surface area contributed by atoms with Gasteiger partial charge in [-0.1, -0.05) is 12.2 Å². The summed E-state index contributed by atoms with van der Waals surface area (Å²) in [5, 5.41) is 0. The minimum atomic E-state index is -4.13. The van der Waals surface area contributed by atoms with Gasteiger partial charge in [-0.2, -0.15) is 25.8 Å². The number of hydrogen-bond donors (Lipinski definition) is 1. The summed E-state index contributed by atoms with van der Waals surface area (Å²) in [5.74, 6) is 0.554. The van der Waals surface area contributed by atoms with Crippen LogP contribution in [-0.4, -0.2) is 36.0 Å². The highest BCUT2D eigenvalue weighted by Gasteiger charge is 2.31. The molecule has 0 unspecified atom stereocenters. The molecule has 0 bridgehead atoms. The summed E-state index contributed by atoms with van der Waals surface area (Å²) in [6.07, 6.45) is -0.674. The van der Waals surface area contributed by atoms with E-state index in [0.29, 0.717) is 12.3 Å². The lowest BCUT2D eigenvalue weighted by Gasteiger charge is -2.25. The summed E-state index contributed by atoms with van der Waals surface area (Å²) in [7, 11) is 0. The van der Waals surface area contributed by atoms with Crippen LogP contribution in [0, 0.1) is 0 Å². The van der Waals surface area contributed by atoms with Gasteiger partial charge in [0, 0.05) is 18.3 Å². The van der Waals surface area contributed by atoms with Crippen LogP contribution in [0.5, 0.6) is 0 Å². The van der Waals surface area contributed by atoms with Gasteiger partial charge in [0.05, 0.1) is 6.54 Å². The second-order valence-corrected chi connectivity index (χ2v) is 3.66. The third kappa shape index (κ3) is 7.26. The summed E-state index contributed by atoms with van der Waals surface area (Å²) in [4.78, 5) is 1.36. The van der Waals surface area contributed by atoms with Gasteiger partial charge in [-0.15, -0.1) is 0 Å². The fourth-order valence-electron chi connectivity index (χ4n) is 0.973. The van der Waals surface area contributed by atoms with Crippen LogP contribution in [0.3, 0.4) is 0 Å². The Hall–Kier alpha value is -0.160. The van der Waals surface area contributed by atoms with Crippen molar-refractivity contribution in [3.63, 3.8) is 0 Å². The van der Waals surface area contributed by atoms with Crippen molar-refractivity contribution in [3.8, 4) is 0 Å². The second-order valence-electron chi connectivity index (χ2n) is 3.29. The zero-order valence-corrected chi connectivity index (χ0v) is 9.28. The average Bonchev–Trinajstić information content (AvgIpc) is 2.00. The first-order valence-corrected chi connectivity index (χ1v) is 5.06. The smallest absolute Gasteiger partial charge is 0.289 e. The molecule has 1 nitrogen and oxygen atoms in total. The minimum absolute atomic E-state index is 0.110. The SMILES string of the molecule is CC(C)N(CC=CCS)CC(F)(F)F. The molecule has 0 aromatic heterocycles. The van der Waals surface area contributed by atoms with E-state index in [9.17, 15) is 13.2 Å². The minimum Gasteiger partial charge on any atom is -0.289 e. The third-order valence-corrected chi connectivity index (χ3v) is 1.94. The van der Waals surface area contributed by atoms with Crippen LogP contribution in [-0.2, 0) is 0 Å². The summed E-state index contributed by atoms with van der Waals surface area (Å²) < 4.78 is 36.3. The summed E-state index contributed by atoms with van der Waals surface area (Å²) in [5.41, 5.74) is 0. The molecule has 0 aliphatic carbocycles. The highest BCUT2D eigenvalue weighted by Crippen LogP contribution is 2.17. The maximum atomic E-state index is 12.1. The van der Waals surface area contributed by atoms with Gasteiger partial charge in [0.2, 0.25) is 0 Å². The lowest BCUT2D eigenvalue weighted by Crippen LogP contribution is -2.39. The van der Waals surface area contributed by atoms with Gasteiger partial charge in [0.15, 0.2) is 0 Å². The Balaban J connectivity index is 4.10. The van der Waals surface area contributed by atoms with Gasteiger partial charge in [-0.3, -0.25) is 4.90 Å². The Morgan fingerprint density at radius 3 is 2.21 bits per heavy atom. The molecule has 0 fully saturated rings. The fourth-order valence-corrected chi connectivity index (χ4v) is 1.12. The first-order chi connectivity index (χ1) is 6.37. The molecular weight excluding hydrogens is 211 g/mol. The predicted octanol–water partition coefficient (Wildman–Crippen LogP) is 2.75. The van der Waals surface area contributed by atoms with Crippen LogP contribution in [0.25, 0.3) is 0 Å². The van der Waals surface area contributed by atoms with E-state index in [-0.39, 0.29) is 6.04 Å². The number of alkyl halides is 3. The monoisotopic (exact) mass is 227 g/mol. The van der Waals surface area contributed by atoms with E-state index in [0.717, 1.165) is 0 Å². The first-order valence-electron chi connectivity index (χ1n) is 4.43. The molecule has 0 radical (unpaired) electrons. The lowest BCUT2D eigenvalue weighted by atomic mass is 10.3. The highest BCUT2D eigenvalue weighted by molar-refractivity contribution is 7.80. The maximum Gasteiger partial charge on any atom is 0.401 e. The Bertz CT molecular complexity index is 177. The Labute approximate surface area is 88.4 Å². The Morgan fingerprint density at radius 2 is 1.86 bits per heavy atom. The zero-order chi connectivity index (χ0) is 11.2. The lowest BCUT2D eigenvalue weighted by molar-refractivity contribution is -0.148. The Morgan fingerprint density at radius 1 is 1.29 bits per heavy atom. The van der Waals surface area contributed by atoms with Crippen molar-refractivity contribution in [2.75, 3.05) is 18.8 Å². The predicted molar refractivity (Wildman–Crippen MR) is 55.8 cm³/mol. The molecule has 5 heteroatoms. The molecule has 0 rings (SSSR count). The van der Waals surface area contributed by atoms with Crippen LogP contribution in [0.1, 0.15) is 13.8 Å². The van der Waals surface area contributed by atoms with Gasteiger partial charge >= 0.3 is 6.18 Å². The molecule has 0 aliphatic heterocycles. The number of thiol groups is 1. The molecule has 0 saturated carbocycles. The molecule has 14 heavy (non-hydrogen) atoms. The largest absolute Gasteiger partial charge is 0.401 e. The van der Waals surface area contributed by atoms with E-state index in [1.165, 1.54) is 4.90 Å².